The summed E-state index contributed by atoms with van der Waals surface area (Å²) in [4.78, 5) is 48.3. The molecule has 1 aromatic rings. The molecule has 0 aromatic heterocycles. The second-order valence-corrected chi connectivity index (χ2v) is 6.73. The first kappa shape index (κ1) is 28.9. The van der Waals surface area contributed by atoms with Gasteiger partial charge in [-0.2, -0.15) is 0 Å². The average molecular weight is 494 g/mol. The number of halogens is 4. The van der Waals surface area contributed by atoms with Crippen molar-refractivity contribution in [3.05, 3.63) is 34.4 Å². The Morgan fingerprint density at radius 3 is 0.912 bits per heavy atom. The summed E-state index contributed by atoms with van der Waals surface area (Å²) >= 11 is 0. The minimum absolute atomic E-state index is 0.176. The number of hydrogen-bond acceptors (Lipinski definition) is 8. The maximum absolute atomic E-state index is 14.8. The van der Waals surface area contributed by atoms with Gasteiger partial charge in [-0.05, 0) is 27.7 Å². The van der Waals surface area contributed by atoms with Crippen molar-refractivity contribution in [2.75, 3.05) is 26.4 Å². The van der Waals surface area contributed by atoms with E-state index < -0.39 is 83.0 Å². The van der Waals surface area contributed by atoms with Crippen molar-refractivity contribution in [1.82, 2.24) is 0 Å². The largest absolute Gasteiger partial charge is 0.465 e. The first-order valence-corrected chi connectivity index (χ1v) is 10.6. The highest BCUT2D eigenvalue weighted by Gasteiger charge is 2.37. The van der Waals surface area contributed by atoms with Gasteiger partial charge < -0.3 is 18.9 Å². The van der Waals surface area contributed by atoms with Gasteiger partial charge in [0.1, 0.15) is 0 Å². The first-order chi connectivity index (χ1) is 16.0. The molecule has 0 atom stereocenters. The van der Waals surface area contributed by atoms with Crippen molar-refractivity contribution in [3.8, 4) is 0 Å². The van der Waals surface area contributed by atoms with E-state index in [2.05, 4.69) is 18.9 Å². The lowest BCUT2D eigenvalue weighted by atomic mass is 9.93. The molecule has 34 heavy (non-hydrogen) atoms. The van der Waals surface area contributed by atoms with Crippen molar-refractivity contribution in [2.45, 2.75) is 40.5 Å². The Kier molecular flexibility index (Phi) is 11.5. The number of carbonyl (C=O) groups excluding carboxylic acids is 4. The number of esters is 4. The van der Waals surface area contributed by atoms with Gasteiger partial charge in [-0.15, -0.1) is 0 Å². The van der Waals surface area contributed by atoms with Crippen molar-refractivity contribution >= 4 is 23.9 Å². The fourth-order valence-corrected chi connectivity index (χ4v) is 2.99. The van der Waals surface area contributed by atoms with Gasteiger partial charge in [0.25, 0.3) is 0 Å². The van der Waals surface area contributed by atoms with Crippen LogP contribution in [-0.4, -0.2) is 50.3 Å². The molecule has 0 aliphatic rings. The fourth-order valence-electron chi connectivity index (χ4n) is 2.99. The summed E-state index contributed by atoms with van der Waals surface area (Å²) in [6.07, 6.45) is -2.19. The Balaban J connectivity index is 3.47. The summed E-state index contributed by atoms with van der Waals surface area (Å²) < 4.78 is 77.9. The summed E-state index contributed by atoms with van der Waals surface area (Å²) in [6, 6.07) is 0. The molecule has 0 fully saturated rings. The summed E-state index contributed by atoms with van der Waals surface area (Å²) in [5, 5.41) is 0. The lowest BCUT2D eigenvalue weighted by Crippen LogP contribution is -2.32. The Bertz CT molecular complexity index is 781. The van der Waals surface area contributed by atoms with E-state index in [-0.39, 0.29) is 26.4 Å². The Morgan fingerprint density at radius 2 is 0.735 bits per heavy atom. The highest BCUT2D eigenvalue weighted by Crippen LogP contribution is 2.29. The van der Waals surface area contributed by atoms with Crippen LogP contribution in [0.1, 0.15) is 38.8 Å². The average Bonchev–Trinajstić information content (AvgIpc) is 2.78. The van der Waals surface area contributed by atoms with E-state index in [1.165, 1.54) is 27.7 Å². The molecule has 8 nitrogen and oxygen atoms in total. The van der Waals surface area contributed by atoms with Gasteiger partial charge in [-0.1, -0.05) is 0 Å². The normalized spacial score (nSPS) is 10.9. The zero-order valence-corrected chi connectivity index (χ0v) is 19.2. The second kappa shape index (κ2) is 13.5. The van der Waals surface area contributed by atoms with E-state index in [1.807, 2.05) is 0 Å². The molecule has 0 unspecified atom stereocenters. The van der Waals surface area contributed by atoms with E-state index in [1.54, 1.807) is 0 Å². The van der Waals surface area contributed by atoms with E-state index in [0.29, 0.717) is 0 Å². The summed E-state index contributed by atoms with van der Waals surface area (Å²) in [7, 11) is 0. The van der Waals surface area contributed by atoms with Crippen molar-refractivity contribution < 1.29 is 55.7 Å². The van der Waals surface area contributed by atoms with E-state index in [9.17, 15) is 36.7 Å². The molecule has 0 amide bonds. The molecule has 0 aliphatic carbocycles. The molecule has 0 radical (unpaired) electrons. The molecule has 0 saturated carbocycles. The molecule has 0 bridgehead atoms. The van der Waals surface area contributed by atoms with Gasteiger partial charge in [0.2, 0.25) is 0 Å². The highest BCUT2D eigenvalue weighted by atomic mass is 19.2. The quantitative estimate of drug-likeness (QED) is 0.144. The third-order valence-electron chi connectivity index (χ3n) is 4.55. The smallest absolute Gasteiger partial charge is 0.320 e. The van der Waals surface area contributed by atoms with Crippen molar-refractivity contribution in [2.24, 2.45) is 11.8 Å². The molecule has 0 N–H and O–H groups in total. The van der Waals surface area contributed by atoms with E-state index in [4.69, 9.17) is 0 Å². The number of rotatable bonds is 12. The lowest BCUT2D eigenvalue weighted by molar-refractivity contribution is -0.163. The SMILES string of the molecule is CCOC(=O)C(Cc1c(F)c(F)c(CC(C(=O)OCC)C(=O)OCC)c(F)c1F)C(=O)OCC. The molecule has 1 rings (SSSR count). The molecule has 12 heteroatoms. The van der Waals surface area contributed by atoms with Crippen LogP contribution in [0.4, 0.5) is 17.6 Å². The molecular formula is C22H26F4O8. The third-order valence-corrected chi connectivity index (χ3v) is 4.55. The minimum atomic E-state index is -1.90. The summed E-state index contributed by atoms with van der Waals surface area (Å²) in [6.45, 7) is 4.96. The number of ether oxygens (including phenoxy) is 4. The predicted octanol–water partition coefficient (Wildman–Crippen LogP) is 2.81. The van der Waals surface area contributed by atoms with Crippen LogP contribution in [0, 0.1) is 35.1 Å². The Morgan fingerprint density at radius 1 is 0.529 bits per heavy atom. The van der Waals surface area contributed by atoms with Crippen molar-refractivity contribution in [1.29, 1.82) is 0 Å². The predicted molar refractivity (Wildman–Crippen MR) is 107 cm³/mol. The summed E-state index contributed by atoms with van der Waals surface area (Å²) in [5.41, 5.74) is -2.48. The third kappa shape index (κ3) is 6.91. The monoisotopic (exact) mass is 494 g/mol. The van der Waals surface area contributed by atoms with Gasteiger partial charge in [0, 0.05) is 24.0 Å². The minimum Gasteiger partial charge on any atom is -0.465 e. The number of hydrogen-bond donors (Lipinski definition) is 0. The molecule has 190 valence electrons. The zero-order chi connectivity index (χ0) is 26.0. The van der Waals surface area contributed by atoms with Crippen LogP contribution in [0.15, 0.2) is 0 Å². The Labute approximate surface area is 193 Å². The molecule has 0 spiro atoms. The van der Waals surface area contributed by atoms with Gasteiger partial charge in [-0.25, -0.2) is 17.6 Å². The molecule has 0 aliphatic heterocycles. The highest BCUT2D eigenvalue weighted by molar-refractivity contribution is 5.96. The Hall–Kier alpha value is -3.18. The van der Waals surface area contributed by atoms with Crippen LogP contribution in [0.25, 0.3) is 0 Å². The molecule has 0 saturated heterocycles. The number of benzene rings is 1. The standard InChI is InChI=1S/C22H26F4O8/c1-5-31-19(27)13(20(28)32-6-2)9-11-15(23)17(25)12(18(26)16(11)24)10-14(21(29)33-7-3)22(30)34-8-4/h13-14H,5-10H2,1-4H3. The summed E-state index contributed by atoms with van der Waals surface area (Å²) in [5.74, 6) is -16.2. The molecular weight excluding hydrogens is 468 g/mol. The first-order valence-electron chi connectivity index (χ1n) is 10.6. The fraction of sp³-hybridized carbons (Fsp3) is 0.545. The van der Waals surface area contributed by atoms with Gasteiger partial charge >= 0.3 is 23.9 Å². The van der Waals surface area contributed by atoms with Crippen LogP contribution in [0.3, 0.4) is 0 Å². The van der Waals surface area contributed by atoms with Gasteiger partial charge in [0.05, 0.1) is 26.4 Å². The molecule has 1 aromatic carbocycles. The zero-order valence-electron chi connectivity index (χ0n) is 19.2. The van der Waals surface area contributed by atoms with Crippen LogP contribution >= 0.6 is 0 Å². The van der Waals surface area contributed by atoms with Crippen LogP contribution < -0.4 is 0 Å². The van der Waals surface area contributed by atoms with Gasteiger partial charge in [-0.3, -0.25) is 19.2 Å². The van der Waals surface area contributed by atoms with Crippen LogP contribution in [0.2, 0.25) is 0 Å². The van der Waals surface area contributed by atoms with Gasteiger partial charge in [0.15, 0.2) is 35.1 Å². The van der Waals surface area contributed by atoms with Crippen LogP contribution in [0.5, 0.6) is 0 Å². The number of carbonyl (C=O) groups is 4. The lowest BCUT2D eigenvalue weighted by Gasteiger charge is -2.18. The van der Waals surface area contributed by atoms with Crippen molar-refractivity contribution in [3.63, 3.8) is 0 Å². The topological polar surface area (TPSA) is 105 Å². The van der Waals surface area contributed by atoms with E-state index in [0.717, 1.165) is 0 Å². The van der Waals surface area contributed by atoms with E-state index >= 15 is 0 Å². The maximum atomic E-state index is 14.8. The maximum Gasteiger partial charge on any atom is 0.320 e. The second-order valence-electron chi connectivity index (χ2n) is 6.73. The van der Waals surface area contributed by atoms with Crippen LogP contribution in [-0.2, 0) is 51.0 Å². The molecule has 0 heterocycles.